The number of rotatable bonds is 15. The summed E-state index contributed by atoms with van der Waals surface area (Å²) in [5, 5.41) is 16.8. The van der Waals surface area contributed by atoms with Gasteiger partial charge in [-0.05, 0) is 60.8 Å². The van der Waals surface area contributed by atoms with Gasteiger partial charge in [-0.15, -0.1) is 0 Å². The normalized spacial score (nSPS) is 13.6. The lowest BCUT2D eigenvalue weighted by atomic mass is 9.90. The summed E-state index contributed by atoms with van der Waals surface area (Å²) >= 11 is 0. The molecule has 0 aliphatic carbocycles. The summed E-state index contributed by atoms with van der Waals surface area (Å²) < 4.78 is 163. The van der Waals surface area contributed by atoms with Crippen molar-refractivity contribution in [1.29, 1.82) is 0 Å². The molecular formula is C27H42F12O7. The number of carboxylic acids is 1. The Kier molecular flexibility index (Phi) is 17.8. The van der Waals surface area contributed by atoms with Gasteiger partial charge in [0.1, 0.15) is 6.61 Å². The zero-order valence-corrected chi connectivity index (χ0v) is 26.8. The average Bonchev–Trinajstić information content (AvgIpc) is 2.94. The van der Waals surface area contributed by atoms with E-state index in [-0.39, 0.29) is 25.6 Å². The second-order valence-corrected chi connectivity index (χ2v) is 11.8. The van der Waals surface area contributed by atoms with Gasteiger partial charge in [0.15, 0.2) is 6.61 Å². The van der Waals surface area contributed by atoms with Crippen molar-refractivity contribution < 1.29 is 86.8 Å². The third kappa shape index (κ3) is 11.6. The Morgan fingerprint density at radius 2 is 0.957 bits per heavy atom. The SMILES string of the molecule is CCC(C)(C)C(=O)O.CCC(C)(C)C(=O)OCC(F)(F)C(F)(F)C(F)(F)C(F)(F)C(F)(F)C(F)F.CCC(C)(C)C(=O)OCCO. The molecule has 0 spiro atoms. The number of aliphatic carboxylic acids is 1. The van der Waals surface area contributed by atoms with Crippen molar-refractivity contribution in [2.75, 3.05) is 19.8 Å². The summed E-state index contributed by atoms with van der Waals surface area (Å²) in [7, 11) is 0. The van der Waals surface area contributed by atoms with Crippen molar-refractivity contribution in [3.63, 3.8) is 0 Å². The van der Waals surface area contributed by atoms with Gasteiger partial charge >= 0.3 is 53.9 Å². The fraction of sp³-hybridized carbons (Fsp3) is 0.889. The molecule has 46 heavy (non-hydrogen) atoms. The quantitative estimate of drug-likeness (QED) is 0.132. The van der Waals surface area contributed by atoms with Crippen LogP contribution in [0, 0.1) is 16.2 Å². The third-order valence-corrected chi connectivity index (χ3v) is 6.99. The first-order chi connectivity index (χ1) is 20.2. The highest BCUT2D eigenvalue weighted by Gasteiger charge is 2.88. The minimum atomic E-state index is -7.63. The molecule has 0 bridgehead atoms. The van der Waals surface area contributed by atoms with E-state index in [2.05, 4.69) is 4.74 Å². The number of aliphatic hydroxyl groups is 1. The molecule has 0 rings (SSSR count). The monoisotopic (exact) mass is 706 g/mol. The summed E-state index contributed by atoms with van der Waals surface area (Å²) in [4.78, 5) is 32.8. The first kappa shape index (κ1) is 47.9. The number of hydrogen-bond donors (Lipinski definition) is 2. The molecule has 0 aliphatic rings. The second-order valence-electron chi connectivity index (χ2n) is 11.8. The summed E-state index contributed by atoms with van der Waals surface area (Å²) in [5.41, 5.74) is -2.52. The summed E-state index contributed by atoms with van der Waals surface area (Å²) in [6.07, 6.45) is -4.23. The maximum atomic E-state index is 13.4. The molecule has 0 radical (unpaired) electrons. The topological polar surface area (TPSA) is 110 Å². The highest BCUT2D eigenvalue weighted by Crippen LogP contribution is 2.58. The molecule has 2 N–H and O–H groups in total. The van der Waals surface area contributed by atoms with E-state index in [1.54, 1.807) is 13.8 Å². The van der Waals surface area contributed by atoms with Gasteiger partial charge in [-0.2, -0.15) is 43.9 Å². The molecule has 0 aromatic carbocycles. The van der Waals surface area contributed by atoms with Crippen LogP contribution in [-0.4, -0.2) is 84.0 Å². The fourth-order valence-electron chi connectivity index (χ4n) is 1.99. The number of alkyl halides is 12. The highest BCUT2D eigenvalue weighted by molar-refractivity contribution is 5.76. The van der Waals surface area contributed by atoms with Crippen molar-refractivity contribution >= 4 is 17.9 Å². The van der Waals surface area contributed by atoms with E-state index in [0.717, 1.165) is 20.3 Å². The van der Waals surface area contributed by atoms with Gasteiger partial charge in [-0.1, -0.05) is 20.8 Å². The number of carboxylic acid groups (broad SMARTS) is 1. The van der Waals surface area contributed by atoms with E-state index in [9.17, 15) is 67.1 Å². The molecule has 0 fully saturated rings. The Balaban J connectivity index is -0.000000790. The van der Waals surface area contributed by atoms with Gasteiger partial charge < -0.3 is 19.7 Å². The Hall–Kier alpha value is -2.47. The molecule has 7 nitrogen and oxygen atoms in total. The molecule has 276 valence electrons. The Morgan fingerprint density at radius 3 is 1.22 bits per heavy atom. The van der Waals surface area contributed by atoms with Crippen LogP contribution in [0.2, 0.25) is 0 Å². The average molecular weight is 707 g/mol. The van der Waals surface area contributed by atoms with Crippen LogP contribution in [0.4, 0.5) is 52.7 Å². The molecule has 0 aliphatic heterocycles. The molecular weight excluding hydrogens is 664 g/mol. The minimum Gasteiger partial charge on any atom is -0.481 e. The molecule has 0 unspecified atom stereocenters. The largest absolute Gasteiger partial charge is 0.481 e. The van der Waals surface area contributed by atoms with Gasteiger partial charge in [0.25, 0.3) is 0 Å². The Bertz CT molecular complexity index is 982. The van der Waals surface area contributed by atoms with E-state index in [0.29, 0.717) is 6.42 Å². The van der Waals surface area contributed by atoms with Crippen molar-refractivity contribution in [2.45, 2.75) is 118 Å². The van der Waals surface area contributed by atoms with Crippen molar-refractivity contribution in [1.82, 2.24) is 0 Å². The van der Waals surface area contributed by atoms with Gasteiger partial charge in [0, 0.05) is 0 Å². The fourth-order valence-corrected chi connectivity index (χ4v) is 1.99. The maximum absolute atomic E-state index is 13.4. The number of ether oxygens (including phenoxy) is 2. The third-order valence-electron chi connectivity index (χ3n) is 6.99. The molecule has 19 heteroatoms. The molecule has 0 atom stereocenters. The van der Waals surface area contributed by atoms with Crippen LogP contribution in [0.15, 0.2) is 0 Å². The number of carbonyl (C=O) groups is 3. The molecule has 0 aromatic heterocycles. The van der Waals surface area contributed by atoms with Crippen LogP contribution in [0.3, 0.4) is 0 Å². The standard InChI is InChI=1S/C13H14F12O2.C8H16O3.C6H12O2/c1-4-8(2,3)7(26)27-5-9(16,17)11(20,21)13(24,25)12(22,23)10(18,19)6(14)15;1-4-8(2,3)7(10)11-6-5-9;1-4-6(2,3)5(7)8/h6H,4-5H2,1-3H3;9H,4-6H2,1-3H3;4H2,1-3H3,(H,7,8). The van der Waals surface area contributed by atoms with E-state index in [1.165, 1.54) is 6.92 Å². The molecule has 0 saturated heterocycles. The molecule has 0 amide bonds. The summed E-state index contributed by atoms with van der Waals surface area (Å²) in [6, 6.07) is 0. The highest BCUT2D eigenvalue weighted by atomic mass is 19.4. The zero-order chi connectivity index (χ0) is 38.0. The van der Waals surface area contributed by atoms with E-state index < -0.39 is 70.8 Å². The number of carbonyl (C=O) groups excluding carboxylic acids is 2. The van der Waals surface area contributed by atoms with E-state index >= 15 is 0 Å². The smallest absolute Gasteiger partial charge is 0.384 e. The Labute approximate surface area is 259 Å². The van der Waals surface area contributed by atoms with Gasteiger partial charge in [-0.3, -0.25) is 14.4 Å². The van der Waals surface area contributed by atoms with Crippen LogP contribution < -0.4 is 0 Å². The molecule has 0 heterocycles. The van der Waals surface area contributed by atoms with Crippen molar-refractivity contribution in [3.8, 4) is 0 Å². The van der Waals surface area contributed by atoms with Gasteiger partial charge in [0.2, 0.25) is 0 Å². The minimum absolute atomic E-state index is 0.0946. The predicted molar refractivity (Wildman–Crippen MR) is 140 cm³/mol. The van der Waals surface area contributed by atoms with Crippen LogP contribution in [0.1, 0.15) is 81.6 Å². The van der Waals surface area contributed by atoms with Gasteiger partial charge in [-0.25, -0.2) is 8.78 Å². The molecule has 0 saturated carbocycles. The summed E-state index contributed by atoms with van der Waals surface area (Å²) in [6.45, 7) is 11.5. The van der Waals surface area contributed by atoms with Crippen LogP contribution >= 0.6 is 0 Å². The van der Waals surface area contributed by atoms with Gasteiger partial charge in [0.05, 0.1) is 22.9 Å². The lowest BCUT2D eigenvalue weighted by Crippen LogP contribution is -2.69. The van der Waals surface area contributed by atoms with Crippen LogP contribution in [0.5, 0.6) is 0 Å². The second kappa shape index (κ2) is 17.1. The van der Waals surface area contributed by atoms with Crippen LogP contribution in [-0.2, 0) is 23.9 Å². The summed E-state index contributed by atoms with van der Waals surface area (Å²) in [5.74, 6) is -38.4. The number of aliphatic hydroxyl groups excluding tert-OH is 1. The van der Waals surface area contributed by atoms with Crippen LogP contribution in [0.25, 0.3) is 0 Å². The van der Waals surface area contributed by atoms with Crippen molar-refractivity contribution in [2.24, 2.45) is 16.2 Å². The number of esters is 2. The van der Waals surface area contributed by atoms with E-state index in [1.807, 2.05) is 27.7 Å². The zero-order valence-electron chi connectivity index (χ0n) is 26.8. The number of halogens is 12. The first-order valence-electron chi connectivity index (χ1n) is 13.5. The Morgan fingerprint density at radius 1 is 0.609 bits per heavy atom. The maximum Gasteiger partial charge on any atom is 0.384 e. The van der Waals surface area contributed by atoms with Crippen molar-refractivity contribution in [3.05, 3.63) is 0 Å². The van der Waals surface area contributed by atoms with E-state index in [4.69, 9.17) is 14.9 Å². The predicted octanol–water partition coefficient (Wildman–Crippen LogP) is 7.87. The number of hydrogen-bond acceptors (Lipinski definition) is 6. The lowest BCUT2D eigenvalue weighted by molar-refractivity contribution is -0.414. The molecule has 0 aromatic rings. The lowest BCUT2D eigenvalue weighted by Gasteiger charge is -2.39. The first-order valence-corrected chi connectivity index (χ1v) is 13.5.